The van der Waals surface area contributed by atoms with Crippen LogP contribution in [0.15, 0.2) is 120 Å². The maximum absolute atomic E-state index is 13.9. The van der Waals surface area contributed by atoms with Crippen molar-refractivity contribution < 1.29 is 28.7 Å². The van der Waals surface area contributed by atoms with Gasteiger partial charge in [-0.15, -0.1) is 23.1 Å². The molecule has 3 N–H and O–H groups in total. The minimum Gasteiger partial charge on any atom is -0.497 e. The Morgan fingerprint density at radius 2 is 1.62 bits per heavy atom. The monoisotopic (exact) mass is 773 g/mol. The molecule has 0 radical (unpaired) electrons. The lowest BCUT2D eigenvalue weighted by molar-refractivity contribution is -0.116. The Morgan fingerprint density at radius 1 is 0.891 bits per heavy atom. The van der Waals surface area contributed by atoms with Gasteiger partial charge in [0.2, 0.25) is 5.91 Å². The van der Waals surface area contributed by atoms with Crippen molar-refractivity contribution in [3.8, 4) is 5.75 Å². The van der Waals surface area contributed by atoms with Gasteiger partial charge in [0.15, 0.2) is 0 Å². The number of anilines is 2. The predicted octanol–water partition coefficient (Wildman–Crippen LogP) is 9.12. The SMILES string of the molecule is CCOC(=O)c1c(NC(=O)C(CC)Sc2cccc(NC(=O)/C(=C\c3ccc(OC)cc3)NC(=O)c3ccccc3)c2)sc2c1CCC(c1ccccc1)C2. The molecule has 5 aromatic rings. The van der Waals surface area contributed by atoms with Gasteiger partial charge in [0, 0.05) is 21.0 Å². The molecule has 0 aliphatic heterocycles. The zero-order chi connectivity index (χ0) is 38.7. The van der Waals surface area contributed by atoms with Crippen molar-refractivity contribution in [2.45, 2.75) is 55.6 Å². The van der Waals surface area contributed by atoms with Crippen LogP contribution in [0.25, 0.3) is 6.08 Å². The third-order valence-electron chi connectivity index (χ3n) is 9.24. The summed E-state index contributed by atoms with van der Waals surface area (Å²) in [6.45, 7) is 3.95. The molecule has 3 amide bonds. The first-order valence-electron chi connectivity index (χ1n) is 18.2. The van der Waals surface area contributed by atoms with Crippen LogP contribution >= 0.6 is 23.1 Å². The largest absolute Gasteiger partial charge is 0.497 e. The Labute approximate surface area is 329 Å². The second-order valence-electron chi connectivity index (χ2n) is 12.9. The van der Waals surface area contributed by atoms with Crippen LogP contribution in [-0.4, -0.2) is 42.7 Å². The van der Waals surface area contributed by atoms with E-state index in [0.717, 1.165) is 34.6 Å². The van der Waals surface area contributed by atoms with Gasteiger partial charge in [0.1, 0.15) is 16.4 Å². The number of fused-ring (bicyclic) bond motifs is 1. The molecule has 0 spiro atoms. The number of esters is 1. The van der Waals surface area contributed by atoms with Gasteiger partial charge in [0.05, 0.1) is 24.5 Å². The zero-order valence-electron chi connectivity index (χ0n) is 30.9. The third-order valence-corrected chi connectivity index (χ3v) is 11.8. The van der Waals surface area contributed by atoms with E-state index in [0.29, 0.717) is 45.5 Å². The highest BCUT2D eigenvalue weighted by Gasteiger charge is 2.32. The van der Waals surface area contributed by atoms with Crippen molar-refractivity contribution in [3.05, 3.63) is 148 Å². The highest BCUT2D eigenvalue weighted by atomic mass is 32.2. The molecule has 11 heteroatoms. The first kappa shape index (κ1) is 39.1. The fraction of sp³-hybridized carbons (Fsp3) is 0.227. The maximum Gasteiger partial charge on any atom is 0.341 e. The highest BCUT2D eigenvalue weighted by Crippen LogP contribution is 2.43. The van der Waals surface area contributed by atoms with E-state index in [4.69, 9.17) is 9.47 Å². The van der Waals surface area contributed by atoms with Crippen molar-refractivity contribution in [2.24, 2.45) is 0 Å². The van der Waals surface area contributed by atoms with Crippen LogP contribution in [0.2, 0.25) is 0 Å². The molecule has 6 rings (SSSR count). The molecule has 1 aliphatic carbocycles. The predicted molar refractivity (Wildman–Crippen MR) is 220 cm³/mol. The van der Waals surface area contributed by atoms with E-state index >= 15 is 0 Å². The highest BCUT2D eigenvalue weighted by molar-refractivity contribution is 8.00. The summed E-state index contributed by atoms with van der Waals surface area (Å²) in [6, 6.07) is 33.4. The van der Waals surface area contributed by atoms with Crippen LogP contribution in [0.5, 0.6) is 5.75 Å². The smallest absolute Gasteiger partial charge is 0.341 e. The second-order valence-corrected chi connectivity index (χ2v) is 15.3. The lowest BCUT2D eigenvalue weighted by Crippen LogP contribution is -2.30. The molecule has 1 aliphatic rings. The number of hydrogen-bond donors (Lipinski definition) is 3. The van der Waals surface area contributed by atoms with Crippen LogP contribution in [0.4, 0.5) is 10.7 Å². The van der Waals surface area contributed by atoms with E-state index in [1.54, 1.807) is 86.8 Å². The van der Waals surface area contributed by atoms with Crippen LogP contribution in [0.1, 0.15) is 74.9 Å². The number of benzene rings is 4. The molecule has 0 saturated heterocycles. The molecule has 4 aromatic carbocycles. The molecule has 0 fully saturated rings. The molecule has 2 unspecified atom stereocenters. The van der Waals surface area contributed by atoms with Crippen molar-refractivity contribution in [1.82, 2.24) is 5.32 Å². The number of ether oxygens (including phenoxy) is 2. The summed E-state index contributed by atoms with van der Waals surface area (Å²) in [5, 5.41) is 8.79. The van der Waals surface area contributed by atoms with E-state index < -0.39 is 23.0 Å². The first-order chi connectivity index (χ1) is 26.8. The molecule has 0 saturated carbocycles. The second kappa shape index (κ2) is 18.6. The fourth-order valence-corrected chi connectivity index (χ4v) is 8.77. The van der Waals surface area contributed by atoms with Gasteiger partial charge >= 0.3 is 5.97 Å². The maximum atomic E-state index is 13.9. The van der Waals surface area contributed by atoms with Gasteiger partial charge in [-0.3, -0.25) is 14.4 Å². The summed E-state index contributed by atoms with van der Waals surface area (Å²) in [6.07, 6.45) is 4.55. The number of amides is 3. The van der Waals surface area contributed by atoms with Crippen LogP contribution in [0.3, 0.4) is 0 Å². The average Bonchev–Trinajstić information content (AvgIpc) is 3.57. The molecule has 282 valence electrons. The number of nitrogens with one attached hydrogen (secondary N) is 3. The molecular formula is C44H43N3O6S2. The quantitative estimate of drug-likeness (QED) is 0.0585. The minimum atomic E-state index is -0.519. The number of thioether (sulfide) groups is 1. The zero-order valence-corrected chi connectivity index (χ0v) is 32.6. The molecule has 1 heterocycles. The minimum absolute atomic E-state index is 0.0500. The Kier molecular flexibility index (Phi) is 13.2. The van der Waals surface area contributed by atoms with Gasteiger partial charge in [-0.25, -0.2) is 4.79 Å². The molecule has 55 heavy (non-hydrogen) atoms. The molecule has 0 bridgehead atoms. The Morgan fingerprint density at radius 3 is 2.31 bits per heavy atom. The Hall–Kier alpha value is -5.65. The molecule has 2 atom stereocenters. The van der Waals surface area contributed by atoms with E-state index in [2.05, 4.69) is 28.1 Å². The third kappa shape index (κ3) is 9.92. The average molecular weight is 774 g/mol. The Balaban J connectivity index is 1.17. The van der Waals surface area contributed by atoms with Crippen LogP contribution in [-0.2, 0) is 27.2 Å². The van der Waals surface area contributed by atoms with Gasteiger partial charge in [-0.2, -0.15) is 0 Å². The Bertz CT molecular complexity index is 2170. The van der Waals surface area contributed by atoms with Crippen LogP contribution in [0, 0.1) is 0 Å². The number of carbonyl (C=O) groups is 4. The van der Waals surface area contributed by atoms with Crippen molar-refractivity contribution in [3.63, 3.8) is 0 Å². The van der Waals surface area contributed by atoms with E-state index in [-0.39, 0.29) is 18.2 Å². The van der Waals surface area contributed by atoms with Crippen molar-refractivity contribution >= 4 is 63.6 Å². The number of methoxy groups -OCH3 is 1. The summed E-state index contributed by atoms with van der Waals surface area (Å²) < 4.78 is 10.7. The summed E-state index contributed by atoms with van der Waals surface area (Å²) >= 11 is 2.83. The normalized spacial score (nSPS) is 14.2. The number of hydrogen-bond acceptors (Lipinski definition) is 8. The fourth-order valence-electron chi connectivity index (χ4n) is 6.44. The van der Waals surface area contributed by atoms with Gasteiger partial charge < -0.3 is 25.4 Å². The summed E-state index contributed by atoms with van der Waals surface area (Å²) in [5.74, 6) is -0.584. The number of carbonyl (C=O) groups excluding carboxylic acids is 4. The van der Waals surface area contributed by atoms with Crippen molar-refractivity contribution in [1.29, 1.82) is 0 Å². The first-order valence-corrected chi connectivity index (χ1v) is 19.9. The standard InChI is InChI=1S/C44H43N3O6S2/c1-4-37(42(50)47-43-39(44(51)53-5-2)35-24-21-31(26-38(35)55-43)29-13-8-6-9-14-29)54-34-18-12-17-32(27-34)45-41(49)36(25-28-19-22-33(52-3)23-20-28)46-40(48)30-15-10-7-11-16-30/h6-20,22-23,25,27,31,37H,4-5,21,24,26H2,1-3H3,(H,45,49)(H,46,48)(H,47,50)/b36-25+. The van der Waals surface area contributed by atoms with Gasteiger partial charge in [-0.1, -0.05) is 73.7 Å². The lowest BCUT2D eigenvalue weighted by atomic mass is 9.83. The van der Waals surface area contributed by atoms with Crippen molar-refractivity contribution in [2.75, 3.05) is 24.4 Å². The van der Waals surface area contributed by atoms with Gasteiger partial charge in [-0.05, 0) is 104 Å². The molecule has 1 aromatic heterocycles. The number of thiophene rings is 1. The topological polar surface area (TPSA) is 123 Å². The molecular weight excluding hydrogens is 731 g/mol. The summed E-state index contributed by atoms with van der Waals surface area (Å²) in [7, 11) is 1.57. The van der Waals surface area contributed by atoms with E-state index in [1.165, 1.54) is 28.7 Å². The summed E-state index contributed by atoms with van der Waals surface area (Å²) in [4.78, 5) is 55.8. The van der Waals surface area contributed by atoms with Gasteiger partial charge in [0.25, 0.3) is 11.8 Å². The molecule has 9 nitrogen and oxygen atoms in total. The van der Waals surface area contributed by atoms with Crippen LogP contribution < -0.4 is 20.7 Å². The van der Waals surface area contributed by atoms with E-state index in [1.807, 2.05) is 37.3 Å². The van der Waals surface area contributed by atoms with E-state index in [9.17, 15) is 19.2 Å². The summed E-state index contributed by atoms with van der Waals surface area (Å²) in [5.41, 5.74) is 4.34. The lowest BCUT2D eigenvalue weighted by Gasteiger charge is -2.23. The number of rotatable bonds is 14.